The number of carboxylic acids is 1. The van der Waals surface area contributed by atoms with E-state index in [1.165, 1.54) is 17.2 Å². The lowest BCUT2D eigenvalue weighted by atomic mass is 9.67. The lowest BCUT2D eigenvalue weighted by molar-refractivity contribution is -0.150. The number of anilines is 2. The number of ether oxygens (including phenoxy) is 1. The van der Waals surface area contributed by atoms with Crippen LogP contribution in [-0.4, -0.2) is 77.1 Å². The molecule has 2 heterocycles. The zero-order valence-electron chi connectivity index (χ0n) is 30.6. The van der Waals surface area contributed by atoms with Crippen molar-refractivity contribution in [1.29, 1.82) is 0 Å². The van der Waals surface area contributed by atoms with Gasteiger partial charge in [0, 0.05) is 50.0 Å². The number of carbonyl (C=O) groups is 5. The number of benzene rings is 3. The van der Waals surface area contributed by atoms with Crippen LogP contribution in [0.25, 0.3) is 10.9 Å². The minimum absolute atomic E-state index is 0.0153. The van der Waals surface area contributed by atoms with Crippen LogP contribution in [0.2, 0.25) is 0 Å². The Morgan fingerprint density at radius 3 is 2.25 bits per heavy atom. The Morgan fingerprint density at radius 2 is 1.64 bits per heavy atom. The molecule has 2 aliphatic rings. The van der Waals surface area contributed by atoms with Gasteiger partial charge in [-0.15, -0.1) is 0 Å². The van der Waals surface area contributed by atoms with Gasteiger partial charge < -0.3 is 40.2 Å². The van der Waals surface area contributed by atoms with Crippen molar-refractivity contribution in [3.63, 3.8) is 0 Å². The summed E-state index contributed by atoms with van der Waals surface area (Å²) in [5.41, 5.74) is 0.355. The van der Waals surface area contributed by atoms with Crippen LogP contribution in [0.4, 0.5) is 20.6 Å². The first-order valence-electron chi connectivity index (χ1n) is 18.2. The van der Waals surface area contributed by atoms with Gasteiger partial charge in [-0.2, -0.15) is 0 Å². The molecule has 4 aromatic rings. The van der Waals surface area contributed by atoms with Gasteiger partial charge in [0.25, 0.3) is 0 Å². The smallest absolute Gasteiger partial charge is 0.410 e. The number of pyridine rings is 1. The number of nitrogens with one attached hydrogen (secondary N) is 3. The second-order valence-corrected chi connectivity index (χ2v) is 13.8. The average molecular weight is 755 g/mol. The molecule has 288 valence electrons. The SMILES string of the molecule is CCn1cc(C(=O)O)c(=O)c2cc(F)c(N3CCN(C(=O)OCc4ccc(NC(=O)CNC(=O)C5(C(=O)NC(C)c6ccccc6)CCC5)cc4)CC3)cc21. The molecule has 1 saturated heterocycles. The lowest BCUT2D eigenvalue weighted by Gasteiger charge is -2.39. The zero-order valence-corrected chi connectivity index (χ0v) is 30.6. The summed E-state index contributed by atoms with van der Waals surface area (Å²) in [5.74, 6) is -3.33. The Bertz CT molecular complexity index is 2160. The fraction of sp³-hybridized carbons (Fsp3) is 0.350. The Morgan fingerprint density at radius 1 is 0.945 bits per heavy atom. The summed E-state index contributed by atoms with van der Waals surface area (Å²) in [4.78, 5) is 79.3. The van der Waals surface area contributed by atoms with E-state index in [1.807, 2.05) is 37.3 Å². The summed E-state index contributed by atoms with van der Waals surface area (Å²) in [6.45, 7) is 4.82. The van der Waals surface area contributed by atoms with Crippen LogP contribution in [0.3, 0.4) is 0 Å². The number of halogens is 1. The van der Waals surface area contributed by atoms with Gasteiger partial charge in [0.05, 0.1) is 23.8 Å². The Labute approximate surface area is 316 Å². The normalized spacial score (nSPS) is 15.4. The highest BCUT2D eigenvalue weighted by Gasteiger charge is 2.51. The third-order valence-electron chi connectivity index (χ3n) is 10.3. The van der Waals surface area contributed by atoms with E-state index in [4.69, 9.17) is 4.74 Å². The first kappa shape index (κ1) is 38.5. The van der Waals surface area contributed by atoms with E-state index in [0.29, 0.717) is 49.2 Å². The number of aromatic nitrogens is 1. The Kier molecular flexibility index (Phi) is 11.5. The number of nitrogens with zero attached hydrogens (tertiary/aromatic N) is 3. The molecule has 4 amide bonds. The zero-order chi connectivity index (χ0) is 39.3. The molecule has 4 N–H and O–H groups in total. The lowest BCUT2D eigenvalue weighted by Crippen LogP contribution is -2.56. The van der Waals surface area contributed by atoms with Gasteiger partial charge >= 0.3 is 12.1 Å². The average Bonchev–Trinajstić information content (AvgIpc) is 3.16. The van der Waals surface area contributed by atoms with Gasteiger partial charge in [-0.3, -0.25) is 19.2 Å². The molecule has 2 fully saturated rings. The Balaban J connectivity index is 0.953. The van der Waals surface area contributed by atoms with Crippen LogP contribution in [0.15, 0.2) is 77.7 Å². The van der Waals surface area contributed by atoms with Crippen molar-refractivity contribution >= 4 is 52.1 Å². The molecule has 1 aliphatic carbocycles. The van der Waals surface area contributed by atoms with Crippen molar-refractivity contribution < 1.29 is 38.2 Å². The van der Waals surface area contributed by atoms with Crippen molar-refractivity contribution in [2.24, 2.45) is 5.41 Å². The molecule has 55 heavy (non-hydrogen) atoms. The fourth-order valence-corrected chi connectivity index (χ4v) is 6.89. The van der Waals surface area contributed by atoms with Crippen LogP contribution in [-0.2, 0) is 32.3 Å². The van der Waals surface area contributed by atoms with Gasteiger partial charge in [0.2, 0.25) is 23.2 Å². The molecule has 0 spiro atoms. The van der Waals surface area contributed by atoms with Gasteiger partial charge in [0.1, 0.15) is 23.4 Å². The number of aromatic carboxylic acids is 1. The van der Waals surface area contributed by atoms with Gasteiger partial charge in [-0.05, 0) is 62.1 Å². The summed E-state index contributed by atoms with van der Waals surface area (Å²) >= 11 is 0. The van der Waals surface area contributed by atoms with Crippen molar-refractivity contribution in [2.75, 3.05) is 42.9 Å². The summed E-state index contributed by atoms with van der Waals surface area (Å²) < 4.78 is 22.4. The van der Waals surface area contributed by atoms with Crippen LogP contribution >= 0.6 is 0 Å². The number of hydrogen-bond acceptors (Lipinski definition) is 8. The number of amides is 4. The molecule has 0 radical (unpaired) electrons. The topological polar surface area (TPSA) is 179 Å². The molecule has 14 nitrogen and oxygen atoms in total. The molecule has 1 atom stereocenters. The second-order valence-electron chi connectivity index (χ2n) is 13.8. The number of rotatable bonds is 12. The number of piperazine rings is 1. The number of carboxylic acid groups (broad SMARTS) is 1. The molecular weight excluding hydrogens is 711 g/mol. The van der Waals surface area contributed by atoms with E-state index in [1.54, 1.807) is 40.7 Å². The quantitative estimate of drug-likeness (QED) is 0.152. The summed E-state index contributed by atoms with van der Waals surface area (Å²) in [6.07, 6.45) is 2.27. The second kappa shape index (κ2) is 16.4. The predicted molar refractivity (Wildman–Crippen MR) is 202 cm³/mol. The molecular formula is C40H43FN6O8. The number of fused-ring (bicyclic) bond motifs is 1. The minimum Gasteiger partial charge on any atom is -0.477 e. The molecule has 6 rings (SSSR count). The van der Waals surface area contributed by atoms with E-state index in [9.17, 15) is 33.9 Å². The largest absolute Gasteiger partial charge is 0.477 e. The molecule has 0 bridgehead atoms. The van der Waals surface area contributed by atoms with Crippen LogP contribution in [0.5, 0.6) is 0 Å². The maximum atomic E-state index is 15.3. The summed E-state index contributed by atoms with van der Waals surface area (Å²) in [6, 6.07) is 18.5. The number of hydrogen-bond donors (Lipinski definition) is 4. The number of carbonyl (C=O) groups excluding carboxylic acids is 4. The highest BCUT2D eigenvalue weighted by molar-refractivity contribution is 6.07. The van der Waals surface area contributed by atoms with Gasteiger partial charge in [-0.25, -0.2) is 14.0 Å². The molecule has 1 aliphatic heterocycles. The van der Waals surface area contributed by atoms with Crippen LogP contribution in [0.1, 0.15) is 60.6 Å². The highest BCUT2D eigenvalue weighted by Crippen LogP contribution is 2.42. The maximum Gasteiger partial charge on any atom is 0.410 e. The molecule has 1 unspecified atom stereocenters. The third kappa shape index (κ3) is 8.30. The first-order chi connectivity index (χ1) is 26.4. The van der Waals surface area contributed by atoms with Crippen LogP contribution in [0, 0.1) is 11.2 Å². The van der Waals surface area contributed by atoms with Crippen molar-refractivity contribution in [2.45, 2.75) is 52.3 Å². The molecule has 1 aromatic heterocycles. The summed E-state index contributed by atoms with van der Waals surface area (Å²) in [5, 5.41) is 17.7. The van der Waals surface area contributed by atoms with E-state index in [2.05, 4.69) is 16.0 Å². The van der Waals surface area contributed by atoms with E-state index < -0.39 is 46.1 Å². The minimum atomic E-state index is -1.38. The predicted octanol–water partition coefficient (Wildman–Crippen LogP) is 4.42. The molecule has 15 heteroatoms. The third-order valence-corrected chi connectivity index (χ3v) is 10.3. The fourth-order valence-electron chi connectivity index (χ4n) is 6.89. The number of aryl methyl sites for hydroxylation is 1. The van der Waals surface area contributed by atoms with Crippen molar-refractivity contribution in [3.05, 3.63) is 106 Å². The van der Waals surface area contributed by atoms with E-state index in [0.717, 1.165) is 18.1 Å². The van der Waals surface area contributed by atoms with Gasteiger partial charge in [-0.1, -0.05) is 48.9 Å². The maximum absolute atomic E-state index is 15.3. The molecule has 1 saturated carbocycles. The van der Waals surface area contributed by atoms with Crippen molar-refractivity contribution in [3.8, 4) is 0 Å². The van der Waals surface area contributed by atoms with E-state index >= 15 is 4.39 Å². The highest BCUT2D eigenvalue weighted by atomic mass is 19.1. The Hall–Kier alpha value is -6.25. The van der Waals surface area contributed by atoms with Crippen LogP contribution < -0.4 is 26.3 Å². The molecule has 3 aromatic carbocycles. The standard InChI is InChI=1S/C40H43FN6O8/c1-3-45-23-30(36(50)51)35(49)29-20-31(41)33(21-32(29)45)46-16-18-47(19-17-46)39(54)55-24-26-10-12-28(13-11-26)44-34(48)22-42-37(52)40(14-7-15-40)38(53)43-25(2)27-8-5-4-6-9-27/h4-6,8-13,20-21,23,25H,3,7,14-19,22,24H2,1-2H3,(H,42,52)(H,43,53)(H,44,48)(H,50,51). The van der Waals surface area contributed by atoms with E-state index in [-0.39, 0.29) is 49.3 Å². The monoisotopic (exact) mass is 754 g/mol. The van der Waals surface area contributed by atoms with Gasteiger partial charge in [0.15, 0.2) is 0 Å². The summed E-state index contributed by atoms with van der Waals surface area (Å²) in [7, 11) is 0. The van der Waals surface area contributed by atoms with Crippen molar-refractivity contribution in [1.82, 2.24) is 20.1 Å². The first-order valence-corrected chi connectivity index (χ1v) is 18.2.